The predicted molar refractivity (Wildman–Crippen MR) is 132 cm³/mol. The highest BCUT2D eigenvalue weighted by molar-refractivity contribution is 5.97. The second-order valence-electron chi connectivity index (χ2n) is 10.3. The van der Waals surface area contributed by atoms with Crippen LogP contribution in [0.1, 0.15) is 61.4 Å². The third kappa shape index (κ3) is 4.81. The van der Waals surface area contributed by atoms with Gasteiger partial charge in [0.05, 0.1) is 5.56 Å². The first-order chi connectivity index (χ1) is 16.9. The molecular weight excluding hydrogens is 450 g/mol. The Morgan fingerprint density at radius 3 is 2.51 bits per heavy atom. The number of rotatable bonds is 7. The Kier molecular flexibility index (Phi) is 6.59. The summed E-state index contributed by atoms with van der Waals surface area (Å²) in [5, 5.41) is 21.9. The number of nitrogens with one attached hydrogen (secondary N) is 2. The van der Waals surface area contributed by atoms with E-state index in [4.69, 9.17) is 9.47 Å². The highest BCUT2D eigenvalue weighted by atomic mass is 16.5. The number of carbonyl (C=O) groups is 1. The van der Waals surface area contributed by atoms with Crippen molar-refractivity contribution in [1.29, 1.82) is 0 Å². The highest BCUT2D eigenvalue weighted by Crippen LogP contribution is 2.36. The fraction of sp³-hybridized carbons (Fsp3) is 0.640. The lowest BCUT2D eigenvalue weighted by molar-refractivity contribution is 0.0149. The van der Waals surface area contributed by atoms with Crippen molar-refractivity contribution in [3.63, 3.8) is 0 Å². The van der Waals surface area contributed by atoms with Crippen LogP contribution >= 0.6 is 0 Å². The fourth-order valence-corrected chi connectivity index (χ4v) is 4.98. The van der Waals surface area contributed by atoms with Gasteiger partial charge >= 0.3 is 0 Å². The second-order valence-corrected chi connectivity index (χ2v) is 10.3. The Morgan fingerprint density at radius 1 is 1.17 bits per heavy atom. The molecule has 5 rings (SSSR count). The summed E-state index contributed by atoms with van der Waals surface area (Å²) in [6.07, 6.45) is 9.38. The van der Waals surface area contributed by atoms with E-state index in [-0.39, 0.29) is 22.9 Å². The van der Waals surface area contributed by atoms with Crippen LogP contribution in [0.5, 0.6) is 5.88 Å². The summed E-state index contributed by atoms with van der Waals surface area (Å²) in [6.45, 7) is 5.33. The number of amides is 1. The Morgan fingerprint density at radius 2 is 1.86 bits per heavy atom. The van der Waals surface area contributed by atoms with Crippen LogP contribution in [-0.4, -0.2) is 64.7 Å². The normalized spacial score (nSPS) is 21.0. The monoisotopic (exact) mass is 485 g/mol. The minimum Gasteiger partial charge on any atom is -0.494 e. The molecule has 0 atom stereocenters. The quantitative estimate of drug-likeness (QED) is 0.551. The maximum Gasteiger partial charge on any atom is 0.291 e. The van der Waals surface area contributed by atoms with Crippen LogP contribution in [0, 0.1) is 11.3 Å². The van der Waals surface area contributed by atoms with Crippen molar-refractivity contribution < 1.29 is 19.4 Å². The summed E-state index contributed by atoms with van der Waals surface area (Å²) < 4.78 is 14.0. The second kappa shape index (κ2) is 9.66. The van der Waals surface area contributed by atoms with Crippen molar-refractivity contribution in [2.24, 2.45) is 11.3 Å². The number of ether oxygens (including phenoxy) is 2. The minimum absolute atomic E-state index is 0.0573. The van der Waals surface area contributed by atoms with Crippen LogP contribution in [0.15, 0.2) is 10.9 Å². The number of aromatic hydroxyl groups is 1. The van der Waals surface area contributed by atoms with E-state index in [1.165, 1.54) is 4.52 Å². The summed E-state index contributed by atoms with van der Waals surface area (Å²) in [4.78, 5) is 26.5. The van der Waals surface area contributed by atoms with Gasteiger partial charge in [-0.3, -0.25) is 14.2 Å². The van der Waals surface area contributed by atoms with E-state index in [9.17, 15) is 14.7 Å². The zero-order chi connectivity index (χ0) is 24.6. The molecule has 0 radical (unpaired) electrons. The maximum absolute atomic E-state index is 13.5. The number of aromatic nitrogens is 3. The first-order valence-corrected chi connectivity index (χ1v) is 12.6. The van der Waals surface area contributed by atoms with Gasteiger partial charge in [0.15, 0.2) is 17.0 Å². The highest BCUT2D eigenvalue weighted by Gasteiger charge is 2.34. The molecule has 10 heteroatoms. The van der Waals surface area contributed by atoms with Gasteiger partial charge in [0.25, 0.3) is 11.5 Å². The van der Waals surface area contributed by atoms with Gasteiger partial charge < -0.3 is 25.2 Å². The average molecular weight is 486 g/mol. The molecule has 3 fully saturated rings. The molecular formula is C25H35N5O5. The summed E-state index contributed by atoms with van der Waals surface area (Å²) in [5.74, 6) is 0.0319. The third-order valence-corrected chi connectivity index (χ3v) is 7.46. The standard InChI is InChI=1S/C25H35N5O5/c1-25(9-13-35-14-10-25)15-29-22-18(6-3-16-7-11-34-12-8-16)20(26-2)28-30(22)24(33)19(23(29)32)21(31)27-17-4-5-17/h3,6,16-17,32H,4-5,7-15H2,1-2H3,(H,26,28)(H,27,31). The van der Waals surface area contributed by atoms with Crippen molar-refractivity contribution in [3.05, 3.63) is 27.6 Å². The van der Waals surface area contributed by atoms with Crippen LogP contribution in [0.3, 0.4) is 0 Å². The topological polar surface area (TPSA) is 119 Å². The molecule has 1 saturated carbocycles. The van der Waals surface area contributed by atoms with E-state index < -0.39 is 11.5 Å². The van der Waals surface area contributed by atoms with Crippen LogP contribution in [0.4, 0.5) is 5.82 Å². The predicted octanol–water partition coefficient (Wildman–Crippen LogP) is 2.39. The summed E-state index contributed by atoms with van der Waals surface area (Å²) in [6, 6.07) is 0.0573. The van der Waals surface area contributed by atoms with Gasteiger partial charge in [0.1, 0.15) is 0 Å². The Labute approximate surface area is 204 Å². The van der Waals surface area contributed by atoms with E-state index in [2.05, 4.69) is 28.7 Å². The number of anilines is 1. The van der Waals surface area contributed by atoms with Gasteiger partial charge in [0.2, 0.25) is 5.88 Å². The number of hydrogen-bond acceptors (Lipinski definition) is 7. The molecule has 1 amide bonds. The molecule has 2 saturated heterocycles. The molecule has 0 spiro atoms. The molecule has 4 heterocycles. The summed E-state index contributed by atoms with van der Waals surface area (Å²) in [7, 11) is 1.75. The first kappa shape index (κ1) is 23.9. The maximum atomic E-state index is 13.5. The lowest BCUT2D eigenvalue weighted by Gasteiger charge is -2.34. The van der Waals surface area contributed by atoms with Crippen molar-refractivity contribution in [2.45, 2.75) is 58.0 Å². The van der Waals surface area contributed by atoms with Crippen molar-refractivity contribution >= 4 is 23.4 Å². The van der Waals surface area contributed by atoms with Crippen LogP contribution in [-0.2, 0) is 16.0 Å². The zero-order valence-corrected chi connectivity index (χ0v) is 20.5. The van der Waals surface area contributed by atoms with Gasteiger partial charge in [-0.25, -0.2) is 0 Å². The van der Waals surface area contributed by atoms with E-state index in [0.717, 1.165) is 57.3 Å². The smallest absolute Gasteiger partial charge is 0.291 e. The lowest BCUT2D eigenvalue weighted by atomic mass is 9.82. The van der Waals surface area contributed by atoms with Crippen molar-refractivity contribution in [2.75, 3.05) is 38.8 Å². The Hall–Kier alpha value is -2.85. The van der Waals surface area contributed by atoms with Crippen LogP contribution < -0.4 is 16.2 Å². The van der Waals surface area contributed by atoms with Gasteiger partial charge in [-0.15, -0.1) is 5.10 Å². The molecule has 10 nitrogen and oxygen atoms in total. The van der Waals surface area contributed by atoms with E-state index in [1.807, 2.05) is 6.08 Å². The van der Waals surface area contributed by atoms with Gasteiger partial charge in [-0.2, -0.15) is 4.52 Å². The Balaban J connectivity index is 1.67. The number of nitrogens with zero attached hydrogens (tertiary/aromatic N) is 3. The van der Waals surface area contributed by atoms with Crippen LogP contribution in [0.25, 0.3) is 11.7 Å². The molecule has 0 unspecified atom stereocenters. The Bertz CT molecular complexity index is 1180. The minimum atomic E-state index is -0.619. The van der Waals surface area contributed by atoms with E-state index in [0.29, 0.717) is 37.1 Å². The molecule has 3 aliphatic rings. The number of fused-ring (bicyclic) bond motifs is 1. The molecule has 3 N–H and O–H groups in total. The fourth-order valence-electron chi connectivity index (χ4n) is 4.98. The number of carbonyl (C=O) groups excluding carboxylic acids is 1. The van der Waals surface area contributed by atoms with Crippen molar-refractivity contribution in [1.82, 2.24) is 19.5 Å². The molecule has 2 aliphatic heterocycles. The van der Waals surface area contributed by atoms with Gasteiger partial charge in [-0.05, 0) is 49.9 Å². The first-order valence-electron chi connectivity index (χ1n) is 12.6. The molecule has 35 heavy (non-hydrogen) atoms. The molecule has 2 aromatic heterocycles. The van der Waals surface area contributed by atoms with Gasteiger partial charge in [-0.1, -0.05) is 19.1 Å². The number of hydrogen-bond donors (Lipinski definition) is 3. The molecule has 190 valence electrons. The third-order valence-electron chi connectivity index (χ3n) is 7.46. The average Bonchev–Trinajstić information content (AvgIpc) is 3.58. The van der Waals surface area contributed by atoms with Gasteiger partial charge in [0, 0.05) is 46.1 Å². The van der Waals surface area contributed by atoms with E-state index in [1.54, 1.807) is 11.6 Å². The molecule has 0 bridgehead atoms. The molecule has 1 aliphatic carbocycles. The number of allylic oxidation sites excluding steroid dienone is 1. The molecule has 2 aromatic rings. The van der Waals surface area contributed by atoms with Crippen molar-refractivity contribution in [3.8, 4) is 5.88 Å². The molecule has 0 aromatic carbocycles. The lowest BCUT2D eigenvalue weighted by Crippen LogP contribution is -2.36. The van der Waals surface area contributed by atoms with Crippen LogP contribution in [0.2, 0.25) is 0 Å². The SMILES string of the molecule is CNc1nn2c(=O)c(C(=O)NC3CC3)c(O)n(CC3(C)CCOCC3)c2c1C=CC1CCOCC1. The summed E-state index contributed by atoms with van der Waals surface area (Å²) >= 11 is 0. The zero-order valence-electron chi connectivity index (χ0n) is 20.5. The summed E-state index contributed by atoms with van der Waals surface area (Å²) in [5.41, 5.74) is 0.157. The largest absolute Gasteiger partial charge is 0.494 e. The van der Waals surface area contributed by atoms with E-state index >= 15 is 0 Å².